The fraction of sp³-hybridized carbons (Fsp3) is 0.205. The molecular formula is C39H41ClN8O6. The second-order valence-corrected chi connectivity index (χ2v) is 12.9. The number of H-pyrrole nitrogens is 2. The molecule has 0 fully saturated rings. The highest BCUT2D eigenvalue weighted by molar-refractivity contribution is 5.93. The van der Waals surface area contributed by atoms with Gasteiger partial charge in [-0.25, -0.2) is 14.8 Å². The van der Waals surface area contributed by atoms with Crippen LogP contribution < -0.4 is 32.8 Å². The van der Waals surface area contributed by atoms with Crippen molar-refractivity contribution in [1.82, 2.24) is 35.9 Å². The molecule has 0 bridgehead atoms. The van der Waals surface area contributed by atoms with E-state index in [0.717, 1.165) is 22.3 Å². The zero-order chi connectivity index (χ0) is 38.0. The van der Waals surface area contributed by atoms with Gasteiger partial charge in [0, 0.05) is 26.2 Å². The number of carbonyl (C=O) groups is 3. The maximum atomic E-state index is 12.4. The number of halogens is 1. The van der Waals surface area contributed by atoms with Gasteiger partial charge in [0.05, 0.1) is 21.8 Å². The average molecular weight is 753 g/mol. The number of aromatic nitrogens is 4. The molecule has 2 heterocycles. The number of ether oxygens (including phenoxy) is 1. The van der Waals surface area contributed by atoms with Gasteiger partial charge in [0.1, 0.15) is 5.60 Å². The van der Waals surface area contributed by atoms with Crippen LogP contribution in [0.2, 0.25) is 0 Å². The average Bonchev–Trinajstić information content (AvgIpc) is 3.15. The molecule has 54 heavy (non-hydrogen) atoms. The van der Waals surface area contributed by atoms with E-state index in [9.17, 15) is 24.0 Å². The van der Waals surface area contributed by atoms with Crippen LogP contribution in [-0.2, 0) is 30.9 Å². The van der Waals surface area contributed by atoms with Gasteiger partial charge in [-0.1, -0.05) is 72.8 Å². The van der Waals surface area contributed by atoms with Gasteiger partial charge in [-0.2, -0.15) is 0 Å². The Bertz CT molecular complexity index is 2390. The summed E-state index contributed by atoms with van der Waals surface area (Å²) in [5, 5.41) is 9.08. The Morgan fingerprint density at radius 3 is 1.48 bits per heavy atom. The molecule has 0 unspecified atom stereocenters. The molecule has 0 aliphatic carbocycles. The van der Waals surface area contributed by atoms with Gasteiger partial charge < -0.3 is 36.4 Å². The van der Waals surface area contributed by atoms with Crippen LogP contribution in [0.3, 0.4) is 0 Å². The molecule has 280 valence electrons. The van der Waals surface area contributed by atoms with Gasteiger partial charge in [-0.3, -0.25) is 19.2 Å². The minimum atomic E-state index is -0.562. The third-order valence-corrected chi connectivity index (χ3v) is 7.62. The van der Waals surface area contributed by atoms with Crippen LogP contribution in [0.15, 0.2) is 107 Å². The lowest BCUT2D eigenvalue weighted by Gasteiger charge is -2.19. The van der Waals surface area contributed by atoms with Gasteiger partial charge in [0.15, 0.2) is 11.6 Å². The van der Waals surface area contributed by atoms with Crippen molar-refractivity contribution in [2.24, 2.45) is 5.73 Å². The number of fused-ring (bicyclic) bond motifs is 2. The molecule has 2 aromatic heterocycles. The topological polar surface area (TPSA) is 214 Å². The van der Waals surface area contributed by atoms with Crippen LogP contribution in [0.4, 0.5) is 4.79 Å². The lowest BCUT2D eigenvalue weighted by molar-refractivity contribution is 0.0523. The van der Waals surface area contributed by atoms with E-state index in [0.29, 0.717) is 41.4 Å². The summed E-state index contributed by atoms with van der Waals surface area (Å²) >= 11 is 0. The molecule has 6 aromatic rings. The van der Waals surface area contributed by atoms with Crippen molar-refractivity contribution in [2.75, 3.05) is 0 Å². The molecular weight excluding hydrogens is 712 g/mol. The highest BCUT2D eigenvalue weighted by atomic mass is 35.5. The van der Waals surface area contributed by atoms with E-state index in [4.69, 9.17) is 10.5 Å². The summed E-state index contributed by atoms with van der Waals surface area (Å²) in [7, 11) is 0. The van der Waals surface area contributed by atoms with Crippen molar-refractivity contribution < 1.29 is 19.1 Å². The van der Waals surface area contributed by atoms with E-state index in [1.54, 1.807) is 69.3 Å². The first-order valence-corrected chi connectivity index (χ1v) is 16.8. The molecule has 6 rings (SSSR count). The maximum Gasteiger partial charge on any atom is 0.407 e. The molecule has 4 aromatic carbocycles. The maximum absolute atomic E-state index is 12.4. The fourth-order valence-corrected chi connectivity index (χ4v) is 5.12. The third-order valence-electron chi connectivity index (χ3n) is 7.62. The lowest BCUT2D eigenvalue weighted by Crippen LogP contribution is -2.32. The Labute approximate surface area is 316 Å². The number of aromatic amines is 2. The van der Waals surface area contributed by atoms with Crippen LogP contribution in [0.25, 0.3) is 21.8 Å². The molecule has 0 aliphatic heterocycles. The molecule has 14 nitrogen and oxygen atoms in total. The number of nitrogens with two attached hydrogens (primary N) is 1. The molecule has 0 saturated carbocycles. The number of benzene rings is 4. The van der Waals surface area contributed by atoms with Crippen molar-refractivity contribution >= 4 is 52.1 Å². The minimum Gasteiger partial charge on any atom is -0.444 e. The lowest BCUT2D eigenvalue weighted by atomic mass is 10.1. The Morgan fingerprint density at radius 2 is 1.04 bits per heavy atom. The zero-order valence-corrected chi connectivity index (χ0v) is 30.7. The Balaban J connectivity index is 0.000000244. The van der Waals surface area contributed by atoms with Gasteiger partial charge >= 0.3 is 6.09 Å². The number of para-hydroxylation sites is 2. The van der Waals surface area contributed by atoms with Crippen molar-refractivity contribution in [1.29, 1.82) is 0 Å². The standard InChI is InChI=1S/C22H24N4O4.C17H16N4O2.ClH/c1-22(2,3)30-21(29)24-13-15-8-6-7-14(11-15)12-23-20(28)18-25-17-10-5-4-9-16(17)19(27)26-18;18-9-11-4-3-5-12(8-11)10-19-17(23)15-20-14-7-2-1-6-13(14)16(22)21-15;/h4-11H,12-13H2,1-3H3,(H,23,28)(H,24,29)(H,25,26,27);1-8H,9-10,18H2,(H,19,23)(H,20,21,22);1H. The molecule has 0 aliphatic rings. The van der Waals surface area contributed by atoms with Crippen LogP contribution in [0.1, 0.15) is 64.3 Å². The van der Waals surface area contributed by atoms with Crippen LogP contribution in [0, 0.1) is 0 Å². The van der Waals surface area contributed by atoms with Crippen LogP contribution in [-0.4, -0.2) is 43.4 Å². The molecule has 0 spiro atoms. The number of amides is 3. The SMILES string of the molecule is CC(C)(C)OC(=O)NCc1cccc(CNC(=O)c2nc3ccccc3c(=O)[nH]2)c1.Cl.NCc1cccc(CNC(=O)c2nc3ccccc3c(=O)[nH]2)c1. The summed E-state index contributed by atoms with van der Waals surface area (Å²) in [6, 6.07) is 28.8. The first kappa shape index (κ1) is 40.4. The van der Waals surface area contributed by atoms with Crippen molar-refractivity contribution in [3.05, 3.63) is 152 Å². The second kappa shape index (κ2) is 18.4. The Kier molecular flexibility index (Phi) is 13.8. The molecule has 0 atom stereocenters. The highest BCUT2D eigenvalue weighted by Crippen LogP contribution is 2.10. The number of alkyl carbamates (subject to hydrolysis) is 1. The predicted molar refractivity (Wildman–Crippen MR) is 208 cm³/mol. The first-order valence-electron chi connectivity index (χ1n) is 16.8. The monoisotopic (exact) mass is 752 g/mol. The van der Waals surface area contributed by atoms with Crippen LogP contribution >= 0.6 is 12.4 Å². The van der Waals surface area contributed by atoms with E-state index in [-0.39, 0.29) is 41.7 Å². The Hall–Kier alpha value is -6.38. The number of hydrogen-bond acceptors (Lipinski definition) is 9. The summed E-state index contributed by atoms with van der Waals surface area (Å²) in [6.45, 7) is 6.73. The van der Waals surface area contributed by atoms with Crippen LogP contribution in [0.5, 0.6) is 0 Å². The summed E-state index contributed by atoms with van der Waals surface area (Å²) in [4.78, 5) is 73.9. The summed E-state index contributed by atoms with van der Waals surface area (Å²) in [5.41, 5.74) is 8.94. The van der Waals surface area contributed by atoms with Gasteiger partial charge in [-0.15, -0.1) is 12.4 Å². The predicted octanol–water partition coefficient (Wildman–Crippen LogP) is 4.61. The van der Waals surface area contributed by atoms with Crippen molar-refractivity contribution in [3.63, 3.8) is 0 Å². The summed E-state index contributed by atoms with van der Waals surface area (Å²) < 4.78 is 5.21. The molecule has 3 amide bonds. The fourth-order valence-electron chi connectivity index (χ4n) is 5.12. The largest absolute Gasteiger partial charge is 0.444 e. The first-order chi connectivity index (χ1) is 25.4. The van der Waals surface area contributed by atoms with Gasteiger partial charge in [0.2, 0.25) is 0 Å². The van der Waals surface area contributed by atoms with E-state index in [1.807, 2.05) is 48.5 Å². The van der Waals surface area contributed by atoms with Gasteiger partial charge in [0.25, 0.3) is 22.9 Å². The third kappa shape index (κ3) is 11.3. The van der Waals surface area contributed by atoms with E-state index >= 15 is 0 Å². The quantitative estimate of drug-likeness (QED) is 0.121. The summed E-state index contributed by atoms with van der Waals surface area (Å²) in [5.74, 6) is -0.939. The molecule has 15 heteroatoms. The molecule has 0 radical (unpaired) electrons. The number of carbonyl (C=O) groups excluding carboxylic acids is 3. The van der Waals surface area contributed by atoms with Crippen molar-refractivity contribution in [2.45, 2.75) is 52.6 Å². The highest BCUT2D eigenvalue weighted by Gasteiger charge is 2.16. The normalized spacial score (nSPS) is 10.7. The molecule has 0 saturated heterocycles. The molecule has 7 N–H and O–H groups in total. The van der Waals surface area contributed by atoms with E-state index < -0.39 is 23.5 Å². The number of nitrogens with one attached hydrogen (secondary N) is 5. The minimum absolute atomic E-state index is 0. The second-order valence-electron chi connectivity index (χ2n) is 12.9. The van der Waals surface area contributed by atoms with Gasteiger partial charge in [-0.05, 0) is 67.3 Å². The zero-order valence-electron chi connectivity index (χ0n) is 29.9. The van der Waals surface area contributed by atoms with E-state index in [2.05, 4.69) is 35.9 Å². The Morgan fingerprint density at radius 1 is 0.630 bits per heavy atom. The smallest absolute Gasteiger partial charge is 0.407 e. The summed E-state index contributed by atoms with van der Waals surface area (Å²) in [6.07, 6.45) is -0.493. The number of hydrogen-bond donors (Lipinski definition) is 6. The van der Waals surface area contributed by atoms with Crippen molar-refractivity contribution in [3.8, 4) is 0 Å². The number of rotatable bonds is 9. The van der Waals surface area contributed by atoms with E-state index in [1.165, 1.54) is 0 Å². The number of nitrogens with zero attached hydrogens (tertiary/aromatic N) is 2.